The van der Waals surface area contributed by atoms with Crippen LogP contribution in [-0.4, -0.2) is 48.8 Å². The Labute approximate surface area is 107 Å². The summed E-state index contributed by atoms with van der Waals surface area (Å²) in [5.41, 5.74) is 0.211. The predicted octanol–water partition coefficient (Wildman–Crippen LogP) is 1.86. The average Bonchev–Trinajstić information content (AvgIpc) is 2.18. The molecule has 0 aromatic carbocycles. The third-order valence-corrected chi connectivity index (χ3v) is 3.53. The lowest BCUT2D eigenvalue weighted by Crippen LogP contribution is -2.44. The summed E-state index contributed by atoms with van der Waals surface area (Å²) in [4.78, 5) is 2.44. The first-order chi connectivity index (χ1) is 7.88. The summed E-state index contributed by atoms with van der Waals surface area (Å²) in [5, 5.41) is 13.3. The molecule has 1 fully saturated rings. The monoisotopic (exact) mass is 242 g/mol. The van der Waals surface area contributed by atoms with Crippen LogP contribution in [0.15, 0.2) is 0 Å². The maximum absolute atomic E-state index is 9.90. The number of hydrogen-bond acceptors (Lipinski definition) is 3. The van der Waals surface area contributed by atoms with Crippen LogP contribution in [0.2, 0.25) is 0 Å². The summed E-state index contributed by atoms with van der Waals surface area (Å²) in [5.74, 6) is 0. The lowest BCUT2D eigenvalue weighted by atomic mass is 9.89. The lowest BCUT2D eigenvalue weighted by Gasteiger charge is -2.33. The molecular formula is C14H30N2O. The number of hydrogen-bond donors (Lipinski definition) is 2. The molecule has 1 saturated heterocycles. The molecule has 2 atom stereocenters. The Morgan fingerprint density at radius 1 is 1.35 bits per heavy atom. The van der Waals surface area contributed by atoms with E-state index in [1.165, 1.54) is 25.8 Å². The summed E-state index contributed by atoms with van der Waals surface area (Å²) in [7, 11) is 2.21. The van der Waals surface area contributed by atoms with Crippen molar-refractivity contribution in [2.45, 2.75) is 58.6 Å². The number of rotatable bonds is 5. The normalized spacial score (nSPS) is 24.9. The average molecular weight is 242 g/mol. The summed E-state index contributed by atoms with van der Waals surface area (Å²) < 4.78 is 0. The fourth-order valence-corrected chi connectivity index (χ4v) is 2.60. The second-order valence-corrected chi connectivity index (χ2v) is 6.71. The van der Waals surface area contributed by atoms with Crippen molar-refractivity contribution in [3.63, 3.8) is 0 Å². The van der Waals surface area contributed by atoms with Gasteiger partial charge in [0.1, 0.15) is 0 Å². The molecule has 0 saturated carbocycles. The third kappa shape index (κ3) is 6.39. The molecule has 2 unspecified atom stereocenters. The molecule has 0 radical (unpaired) electrons. The van der Waals surface area contributed by atoms with E-state index in [2.05, 4.69) is 38.0 Å². The molecule has 0 spiro atoms. The van der Waals surface area contributed by atoms with E-state index in [1.54, 1.807) is 0 Å². The largest absolute Gasteiger partial charge is 0.392 e. The molecule has 1 rings (SSSR count). The van der Waals surface area contributed by atoms with E-state index in [0.29, 0.717) is 6.04 Å². The van der Waals surface area contributed by atoms with Crippen LogP contribution in [0.1, 0.15) is 46.5 Å². The van der Waals surface area contributed by atoms with Gasteiger partial charge in [0, 0.05) is 19.1 Å². The topological polar surface area (TPSA) is 35.5 Å². The maximum Gasteiger partial charge on any atom is 0.0669 e. The van der Waals surface area contributed by atoms with E-state index in [-0.39, 0.29) is 11.5 Å². The maximum atomic E-state index is 9.90. The Morgan fingerprint density at radius 3 is 2.65 bits per heavy atom. The zero-order chi connectivity index (χ0) is 12.9. The first-order valence-corrected chi connectivity index (χ1v) is 6.97. The number of nitrogens with zero attached hydrogens (tertiary/aromatic N) is 1. The number of piperidine rings is 1. The van der Waals surface area contributed by atoms with E-state index in [4.69, 9.17) is 0 Å². The standard InChI is InChI=1S/C14H30N2O/c1-14(2,3)9-13(17)11-15-10-12-7-5-6-8-16(12)4/h12-13,15,17H,5-11H2,1-4H3. The first kappa shape index (κ1) is 14.9. The molecule has 1 aliphatic rings. The van der Waals surface area contributed by atoms with Crippen molar-refractivity contribution in [1.29, 1.82) is 0 Å². The van der Waals surface area contributed by atoms with Crippen molar-refractivity contribution in [1.82, 2.24) is 10.2 Å². The Hall–Kier alpha value is -0.120. The van der Waals surface area contributed by atoms with E-state index in [1.807, 2.05) is 0 Å². The van der Waals surface area contributed by atoms with Crippen molar-refractivity contribution < 1.29 is 5.11 Å². The molecule has 3 nitrogen and oxygen atoms in total. The highest BCUT2D eigenvalue weighted by Gasteiger charge is 2.20. The third-order valence-electron chi connectivity index (χ3n) is 3.53. The molecular weight excluding hydrogens is 212 g/mol. The molecule has 17 heavy (non-hydrogen) atoms. The zero-order valence-corrected chi connectivity index (χ0v) is 12.0. The number of likely N-dealkylation sites (N-methyl/N-ethyl adjacent to an activating group) is 1. The fraction of sp³-hybridized carbons (Fsp3) is 1.00. The van der Waals surface area contributed by atoms with Crippen molar-refractivity contribution in [3.05, 3.63) is 0 Å². The van der Waals surface area contributed by atoms with Gasteiger partial charge < -0.3 is 15.3 Å². The molecule has 0 aromatic rings. The van der Waals surface area contributed by atoms with Crippen LogP contribution in [0.25, 0.3) is 0 Å². The van der Waals surface area contributed by atoms with Gasteiger partial charge in [-0.15, -0.1) is 0 Å². The quantitative estimate of drug-likeness (QED) is 0.772. The van der Waals surface area contributed by atoms with Crippen LogP contribution in [0.3, 0.4) is 0 Å². The Bertz CT molecular complexity index is 213. The highest BCUT2D eigenvalue weighted by Crippen LogP contribution is 2.20. The fourth-order valence-electron chi connectivity index (χ4n) is 2.60. The minimum absolute atomic E-state index is 0.211. The zero-order valence-electron chi connectivity index (χ0n) is 12.0. The molecule has 0 aliphatic carbocycles. The van der Waals surface area contributed by atoms with Gasteiger partial charge in [-0.25, -0.2) is 0 Å². The SMILES string of the molecule is CN1CCCCC1CNCC(O)CC(C)(C)C. The summed E-state index contributed by atoms with van der Waals surface area (Å²) in [6.07, 6.45) is 4.61. The van der Waals surface area contributed by atoms with Crippen LogP contribution in [-0.2, 0) is 0 Å². The molecule has 1 aliphatic heterocycles. The molecule has 2 N–H and O–H groups in total. The van der Waals surface area contributed by atoms with Crippen LogP contribution in [0.4, 0.5) is 0 Å². The number of aliphatic hydroxyl groups is 1. The van der Waals surface area contributed by atoms with Crippen molar-refractivity contribution in [2.24, 2.45) is 5.41 Å². The molecule has 0 aromatic heterocycles. The molecule has 3 heteroatoms. The predicted molar refractivity (Wildman–Crippen MR) is 73.2 cm³/mol. The summed E-state index contributed by atoms with van der Waals surface area (Å²) in [6, 6.07) is 0.658. The number of nitrogens with one attached hydrogen (secondary N) is 1. The van der Waals surface area contributed by atoms with E-state index in [9.17, 15) is 5.11 Å². The summed E-state index contributed by atoms with van der Waals surface area (Å²) in [6.45, 7) is 9.47. The lowest BCUT2D eigenvalue weighted by molar-refractivity contribution is 0.113. The smallest absolute Gasteiger partial charge is 0.0669 e. The summed E-state index contributed by atoms with van der Waals surface area (Å²) >= 11 is 0. The van der Waals surface area contributed by atoms with Gasteiger partial charge in [0.2, 0.25) is 0 Å². The van der Waals surface area contributed by atoms with Gasteiger partial charge in [-0.3, -0.25) is 0 Å². The van der Waals surface area contributed by atoms with Crippen LogP contribution in [0, 0.1) is 5.41 Å². The van der Waals surface area contributed by atoms with Crippen molar-refractivity contribution in [2.75, 3.05) is 26.7 Å². The highest BCUT2D eigenvalue weighted by molar-refractivity contribution is 4.77. The molecule has 102 valence electrons. The van der Waals surface area contributed by atoms with Crippen molar-refractivity contribution >= 4 is 0 Å². The minimum Gasteiger partial charge on any atom is -0.392 e. The Kier molecular flexibility index (Phi) is 5.90. The van der Waals surface area contributed by atoms with Crippen molar-refractivity contribution in [3.8, 4) is 0 Å². The highest BCUT2D eigenvalue weighted by atomic mass is 16.3. The van der Waals surface area contributed by atoms with Gasteiger partial charge in [-0.2, -0.15) is 0 Å². The minimum atomic E-state index is -0.219. The van der Waals surface area contributed by atoms with E-state index >= 15 is 0 Å². The molecule has 0 amide bonds. The second kappa shape index (κ2) is 6.72. The van der Waals surface area contributed by atoms with Crippen LogP contribution >= 0.6 is 0 Å². The molecule has 0 bridgehead atoms. The second-order valence-electron chi connectivity index (χ2n) is 6.71. The van der Waals surface area contributed by atoms with Crippen LogP contribution in [0.5, 0.6) is 0 Å². The van der Waals surface area contributed by atoms with E-state index < -0.39 is 0 Å². The van der Waals surface area contributed by atoms with Gasteiger partial charge in [0.05, 0.1) is 6.10 Å². The van der Waals surface area contributed by atoms with Gasteiger partial charge in [-0.1, -0.05) is 27.2 Å². The van der Waals surface area contributed by atoms with Gasteiger partial charge in [0.25, 0.3) is 0 Å². The Balaban J connectivity index is 2.14. The molecule has 1 heterocycles. The first-order valence-electron chi connectivity index (χ1n) is 6.97. The van der Waals surface area contributed by atoms with Gasteiger partial charge in [-0.05, 0) is 38.3 Å². The van der Waals surface area contributed by atoms with Crippen LogP contribution < -0.4 is 5.32 Å². The van der Waals surface area contributed by atoms with Gasteiger partial charge >= 0.3 is 0 Å². The Morgan fingerprint density at radius 2 is 2.06 bits per heavy atom. The van der Waals surface area contributed by atoms with Gasteiger partial charge in [0.15, 0.2) is 0 Å². The van der Waals surface area contributed by atoms with E-state index in [0.717, 1.165) is 19.5 Å². The number of likely N-dealkylation sites (tertiary alicyclic amines) is 1. The number of aliphatic hydroxyl groups excluding tert-OH is 1.